The van der Waals surface area contributed by atoms with Gasteiger partial charge in [-0.25, -0.2) is 4.99 Å². The molecule has 1 aromatic rings. The van der Waals surface area contributed by atoms with E-state index in [9.17, 15) is 0 Å². The average Bonchev–Trinajstić information content (AvgIpc) is 3.17. The molecule has 9 rings (SSSR count). The molecule has 0 aromatic heterocycles. The molecule has 1 fully saturated rings. The van der Waals surface area contributed by atoms with Gasteiger partial charge in [-0.15, -0.1) is 0 Å². The lowest BCUT2D eigenvalue weighted by atomic mass is 9.56. The topological polar surface area (TPSA) is 48.5 Å². The maximum absolute atomic E-state index is 5.74. The summed E-state index contributed by atoms with van der Waals surface area (Å²) in [6.45, 7) is 9.51. The molecule has 0 spiro atoms. The Bertz CT molecular complexity index is 1880. The summed E-state index contributed by atoms with van der Waals surface area (Å²) in [4.78, 5) is 5.74. The predicted molar refractivity (Wildman–Crippen MR) is 217 cm³/mol. The third-order valence-electron chi connectivity index (χ3n) is 14.0. The summed E-state index contributed by atoms with van der Waals surface area (Å²) in [5, 5.41) is 11.8. The summed E-state index contributed by atoms with van der Waals surface area (Å²) >= 11 is 0. The lowest BCUT2D eigenvalue weighted by Gasteiger charge is -2.48. The maximum Gasteiger partial charge on any atom is 0.125 e. The molecular weight excluding hydrogens is 633 g/mol. The molecule has 4 nitrogen and oxygen atoms in total. The van der Waals surface area contributed by atoms with Crippen molar-refractivity contribution in [1.82, 2.24) is 16.0 Å². The van der Waals surface area contributed by atoms with Gasteiger partial charge in [0.25, 0.3) is 0 Å². The van der Waals surface area contributed by atoms with Gasteiger partial charge >= 0.3 is 0 Å². The molecule has 2 heterocycles. The third-order valence-corrected chi connectivity index (χ3v) is 14.0. The normalized spacial score (nSPS) is 37.1. The van der Waals surface area contributed by atoms with E-state index < -0.39 is 0 Å². The van der Waals surface area contributed by atoms with Crippen molar-refractivity contribution in [3.63, 3.8) is 0 Å². The molecule has 0 saturated heterocycles. The molecule has 3 N–H and O–H groups in total. The number of allylic oxidation sites excluding steroid dienone is 11. The van der Waals surface area contributed by atoms with Crippen LogP contribution in [-0.2, 0) is 5.41 Å². The molecular formula is C48H60N4. The van der Waals surface area contributed by atoms with Gasteiger partial charge in [0.2, 0.25) is 0 Å². The van der Waals surface area contributed by atoms with Gasteiger partial charge in [-0.1, -0.05) is 99.6 Å². The second kappa shape index (κ2) is 14.0. The number of hydrogen-bond donors (Lipinski definition) is 3. The van der Waals surface area contributed by atoms with Crippen LogP contribution in [0, 0.1) is 29.6 Å². The number of benzene rings is 1. The quantitative estimate of drug-likeness (QED) is 0.269. The zero-order valence-corrected chi connectivity index (χ0v) is 32.1. The van der Waals surface area contributed by atoms with Crippen molar-refractivity contribution in [3.8, 4) is 0 Å². The van der Waals surface area contributed by atoms with Crippen molar-refractivity contribution >= 4 is 11.9 Å². The minimum atomic E-state index is 0.0347. The number of fused-ring (bicyclic) bond motifs is 4. The van der Waals surface area contributed by atoms with Gasteiger partial charge in [0.15, 0.2) is 0 Å². The first-order valence-corrected chi connectivity index (χ1v) is 20.9. The largest absolute Gasteiger partial charge is 0.383 e. The molecule has 52 heavy (non-hydrogen) atoms. The first-order chi connectivity index (χ1) is 25.4. The van der Waals surface area contributed by atoms with Crippen LogP contribution in [0.25, 0.3) is 6.08 Å². The zero-order valence-electron chi connectivity index (χ0n) is 32.1. The molecule has 272 valence electrons. The average molecular weight is 693 g/mol. The summed E-state index contributed by atoms with van der Waals surface area (Å²) in [5.41, 5.74) is 13.3. The third kappa shape index (κ3) is 6.17. The molecule has 0 radical (unpaired) electrons. The Kier molecular flexibility index (Phi) is 9.18. The fourth-order valence-electron chi connectivity index (χ4n) is 11.4. The highest BCUT2D eigenvalue weighted by molar-refractivity contribution is 5.89. The highest BCUT2D eigenvalue weighted by Gasteiger charge is 2.46. The van der Waals surface area contributed by atoms with E-state index in [0.29, 0.717) is 29.7 Å². The predicted octanol–water partition coefficient (Wildman–Crippen LogP) is 10.5. The molecule has 0 bridgehead atoms. The number of nitrogens with zero attached hydrogens (tertiary/aromatic N) is 1. The maximum atomic E-state index is 5.74. The van der Waals surface area contributed by atoms with Crippen LogP contribution in [0.2, 0.25) is 0 Å². The summed E-state index contributed by atoms with van der Waals surface area (Å²) in [5.74, 6) is 3.35. The van der Waals surface area contributed by atoms with Gasteiger partial charge in [-0.05, 0) is 152 Å². The van der Waals surface area contributed by atoms with Crippen LogP contribution in [0.15, 0.2) is 117 Å². The summed E-state index contributed by atoms with van der Waals surface area (Å²) in [6, 6.07) is 9.59. The highest BCUT2D eigenvalue weighted by Crippen LogP contribution is 2.55. The van der Waals surface area contributed by atoms with Crippen molar-refractivity contribution in [2.45, 2.75) is 129 Å². The minimum absolute atomic E-state index is 0.0347. The van der Waals surface area contributed by atoms with Gasteiger partial charge in [0.05, 0.1) is 6.17 Å². The number of dihydropyridines is 1. The van der Waals surface area contributed by atoms with Crippen molar-refractivity contribution in [3.05, 3.63) is 123 Å². The number of rotatable bonds is 5. The van der Waals surface area contributed by atoms with E-state index in [1.165, 1.54) is 104 Å². The van der Waals surface area contributed by atoms with E-state index in [-0.39, 0.29) is 23.7 Å². The molecule has 9 unspecified atom stereocenters. The fraction of sp³-hybridized carbons (Fsp3) is 0.521. The van der Waals surface area contributed by atoms with Crippen molar-refractivity contribution in [1.29, 1.82) is 0 Å². The van der Waals surface area contributed by atoms with E-state index in [1.54, 1.807) is 22.3 Å². The van der Waals surface area contributed by atoms with Crippen LogP contribution in [-0.4, -0.2) is 24.2 Å². The Morgan fingerprint density at radius 3 is 2.62 bits per heavy atom. The van der Waals surface area contributed by atoms with E-state index in [0.717, 1.165) is 6.42 Å². The molecule has 0 amide bonds. The molecule has 2 aliphatic heterocycles. The van der Waals surface area contributed by atoms with Gasteiger partial charge in [0, 0.05) is 23.6 Å². The lowest BCUT2D eigenvalue weighted by molar-refractivity contribution is 0.235. The highest BCUT2D eigenvalue weighted by atomic mass is 15.3. The monoisotopic (exact) mass is 692 g/mol. The Morgan fingerprint density at radius 1 is 0.846 bits per heavy atom. The van der Waals surface area contributed by atoms with Gasteiger partial charge in [0.1, 0.15) is 12.0 Å². The fourth-order valence-corrected chi connectivity index (χ4v) is 11.4. The molecule has 8 aliphatic rings. The molecule has 1 aromatic carbocycles. The van der Waals surface area contributed by atoms with Gasteiger partial charge < -0.3 is 10.6 Å². The van der Waals surface area contributed by atoms with Crippen molar-refractivity contribution in [2.75, 3.05) is 0 Å². The standard InChI is InChI=1S/C48H60N4/c1-30-25-40(36-26-31(2)49-32(3)27-36)41(42-28-35-18-9-11-22-43(35)48(4)24-13-12-23-44(42)48)29-39(30)47-51-45(34-16-6-5-7-17-34)50-46(52-47)38-21-14-19-33-15-8-10-20-37(33)38/h6,9-11,16,18,20,22,25-31,33-34,39,44-46,49-50H,5,7-8,12-15,17,19,21,23-24H2,1-4H3,(H,51,52). The smallest absolute Gasteiger partial charge is 0.125 e. The first kappa shape index (κ1) is 34.2. The summed E-state index contributed by atoms with van der Waals surface area (Å²) in [6.07, 6.45) is 37.8. The Labute approximate surface area is 313 Å². The summed E-state index contributed by atoms with van der Waals surface area (Å²) < 4.78 is 0. The van der Waals surface area contributed by atoms with Crippen molar-refractivity contribution < 1.29 is 0 Å². The zero-order chi connectivity index (χ0) is 35.4. The second-order valence-corrected chi connectivity index (χ2v) is 17.6. The van der Waals surface area contributed by atoms with Gasteiger partial charge in [-0.3, -0.25) is 5.32 Å². The minimum Gasteiger partial charge on any atom is -0.383 e. The molecule has 9 atom stereocenters. The Morgan fingerprint density at radius 2 is 1.75 bits per heavy atom. The van der Waals surface area contributed by atoms with E-state index in [1.807, 2.05) is 0 Å². The van der Waals surface area contributed by atoms with Crippen LogP contribution < -0.4 is 16.0 Å². The van der Waals surface area contributed by atoms with Crippen LogP contribution in [0.3, 0.4) is 0 Å². The Balaban J connectivity index is 1.19. The van der Waals surface area contributed by atoms with Crippen LogP contribution >= 0.6 is 0 Å². The number of nitrogens with one attached hydrogen (secondary N) is 3. The number of aliphatic imine (C=N–C) groups is 1. The molecule has 6 aliphatic carbocycles. The van der Waals surface area contributed by atoms with E-state index in [2.05, 4.69) is 123 Å². The van der Waals surface area contributed by atoms with Crippen LogP contribution in [0.5, 0.6) is 0 Å². The second-order valence-electron chi connectivity index (χ2n) is 17.6. The molecule has 1 saturated carbocycles. The SMILES string of the molecule is CC1=CC(C2=CC(C)C(C3=NC(C4=C5C=CCCC5CCC4)NC(C4C=CCCC4)N3)C=C2C2=Cc3ccccc3C3(C)CCCCC23)=CC(C)N1. The summed E-state index contributed by atoms with van der Waals surface area (Å²) in [7, 11) is 0. The van der Waals surface area contributed by atoms with Crippen molar-refractivity contribution in [2.24, 2.45) is 34.6 Å². The van der Waals surface area contributed by atoms with Crippen LogP contribution in [0.1, 0.15) is 116 Å². The van der Waals surface area contributed by atoms with E-state index in [4.69, 9.17) is 4.99 Å². The number of amidine groups is 1. The molecule has 4 heteroatoms. The lowest BCUT2D eigenvalue weighted by Crippen LogP contribution is -2.59. The Hall–Kier alpha value is -3.63. The number of hydrogen-bond acceptors (Lipinski definition) is 4. The van der Waals surface area contributed by atoms with Crippen LogP contribution in [0.4, 0.5) is 0 Å². The first-order valence-electron chi connectivity index (χ1n) is 20.9. The van der Waals surface area contributed by atoms with E-state index >= 15 is 0 Å². The van der Waals surface area contributed by atoms with Gasteiger partial charge in [-0.2, -0.15) is 0 Å².